The van der Waals surface area contributed by atoms with Gasteiger partial charge in [-0.15, -0.1) is 0 Å². The molecule has 26 heavy (non-hydrogen) atoms. The number of halogens is 2. The molecule has 0 aliphatic carbocycles. The largest absolute Gasteiger partial charge is 0.338 e. The number of nitrogens with one attached hydrogen (secondary N) is 1. The number of carbonyl (C=O) groups is 1. The zero-order valence-corrected chi connectivity index (χ0v) is 15.7. The number of amides is 1. The van der Waals surface area contributed by atoms with E-state index in [0.29, 0.717) is 28.5 Å². The van der Waals surface area contributed by atoms with E-state index in [1.807, 2.05) is 33.2 Å². The first-order valence-electron chi connectivity index (χ1n) is 8.28. The molecule has 136 valence electrons. The molecule has 3 aromatic rings. The number of aromatic nitrogens is 1. The normalized spacial score (nSPS) is 11.3. The first kappa shape index (κ1) is 18.4. The molecule has 2 aromatic carbocycles. The van der Waals surface area contributed by atoms with Gasteiger partial charge in [-0.2, -0.15) is 0 Å². The fourth-order valence-electron chi connectivity index (χ4n) is 2.53. The van der Waals surface area contributed by atoms with Crippen molar-refractivity contribution in [3.63, 3.8) is 0 Å². The van der Waals surface area contributed by atoms with Crippen molar-refractivity contribution < 1.29 is 18.5 Å². The average Bonchev–Trinajstić information content (AvgIpc) is 2.99. The first-order chi connectivity index (χ1) is 12.3. The number of rotatable bonds is 5. The SMILES string of the molecule is Cc1ccc(C(=O)N(CC[NH+](C)C)c2nc3c(F)cc(F)cc3s2)cc1. The zero-order valence-electron chi connectivity index (χ0n) is 14.8. The summed E-state index contributed by atoms with van der Waals surface area (Å²) in [4.78, 5) is 20.0. The van der Waals surface area contributed by atoms with Crippen LogP contribution in [-0.2, 0) is 0 Å². The van der Waals surface area contributed by atoms with Crippen LogP contribution in [0, 0.1) is 18.6 Å². The van der Waals surface area contributed by atoms with Gasteiger partial charge in [0.2, 0.25) is 0 Å². The standard InChI is InChI=1S/C19H19F2N3OS/c1-12-4-6-13(7-5-12)18(25)24(9-8-23(2)3)19-22-17-15(21)10-14(20)11-16(17)26-19/h4-7,10-11H,8-9H2,1-3H3/p+1. The summed E-state index contributed by atoms with van der Waals surface area (Å²) < 4.78 is 27.9. The molecule has 0 radical (unpaired) electrons. The van der Waals surface area contributed by atoms with E-state index in [-0.39, 0.29) is 11.4 Å². The molecule has 0 unspecified atom stereocenters. The van der Waals surface area contributed by atoms with E-state index in [9.17, 15) is 13.6 Å². The number of anilines is 1. The lowest BCUT2D eigenvalue weighted by Gasteiger charge is -2.20. The van der Waals surface area contributed by atoms with Crippen LogP contribution in [0.25, 0.3) is 10.2 Å². The molecule has 0 saturated carbocycles. The maximum atomic E-state index is 14.0. The van der Waals surface area contributed by atoms with Crippen LogP contribution in [0.5, 0.6) is 0 Å². The topological polar surface area (TPSA) is 37.6 Å². The molecule has 4 nitrogen and oxygen atoms in total. The maximum absolute atomic E-state index is 14.0. The van der Waals surface area contributed by atoms with Crippen LogP contribution in [-0.4, -0.2) is 38.1 Å². The number of thiazole rings is 1. The summed E-state index contributed by atoms with van der Waals surface area (Å²) in [6, 6.07) is 9.32. The Morgan fingerprint density at radius 3 is 2.54 bits per heavy atom. The van der Waals surface area contributed by atoms with Crippen molar-refractivity contribution in [2.24, 2.45) is 0 Å². The maximum Gasteiger partial charge on any atom is 0.260 e. The first-order valence-corrected chi connectivity index (χ1v) is 9.10. The minimum Gasteiger partial charge on any atom is -0.338 e. The second kappa shape index (κ2) is 7.47. The van der Waals surface area contributed by atoms with Gasteiger partial charge in [-0.3, -0.25) is 9.69 Å². The number of hydrogen-bond donors (Lipinski definition) is 1. The van der Waals surface area contributed by atoms with Gasteiger partial charge in [-0.25, -0.2) is 13.8 Å². The fraction of sp³-hybridized carbons (Fsp3) is 0.263. The third-order valence-electron chi connectivity index (χ3n) is 4.01. The predicted octanol–water partition coefficient (Wildman–Crippen LogP) is 2.67. The Kier molecular flexibility index (Phi) is 5.29. The van der Waals surface area contributed by atoms with E-state index >= 15 is 0 Å². The number of likely N-dealkylation sites (N-methyl/N-ethyl adjacent to an activating group) is 1. The third kappa shape index (κ3) is 3.89. The van der Waals surface area contributed by atoms with Crippen molar-refractivity contribution >= 4 is 32.6 Å². The molecule has 3 rings (SSSR count). The van der Waals surface area contributed by atoms with Crippen LogP contribution in [0.3, 0.4) is 0 Å². The molecule has 1 aromatic heterocycles. The van der Waals surface area contributed by atoms with Gasteiger partial charge in [0.05, 0.1) is 31.9 Å². The van der Waals surface area contributed by atoms with Crippen LogP contribution in [0.2, 0.25) is 0 Å². The molecule has 1 N–H and O–H groups in total. The number of quaternary nitrogens is 1. The van der Waals surface area contributed by atoms with Gasteiger partial charge in [0.25, 0.3) is 5.91 Å². The van der Waals surface area contributed by atoms with Crippen LogP contribution in [0.1, 0.15) is 15.9 Å². The number of fused-ring (bicyclic) bond motifs is 1. The van der Waals surface area contributed by atoms with E-state index in [4.69, 9.17) is 0 Å². The van der Waals surface area contributed by atoms with Crippen molar-refractivity contribution in [3.05, 3.63) is 59.2 Å². The molecule has 7 heteroatoms. The number of benzene rings is 2. The predicted molar refractivity (Wildman–Crippen MR) is 100 cm³/mol. The molecule has 0 atom stereocenters. The summed E-state index contributed by atoms with van der Waals surface area (Å²) in [6.07, 6.45) is 0. The summed E-state index contributed by atoms with van der Waals surface area (Å²) in [6.45, 7) is 3.08. The minimum absolute atomic E-state index is 0.0882. The van der Waals surface area contributed by atoms with Crippen molar-refractivity contribution in [1.29, 1.82) is 0 Å². The molecule has 0 spiro atoms. The average molecular weight is 376 g/mol. The Morgan fingerprint density at radius 2 is 1.88 bits per heavy atom. The number of aryl methyl sites for hydroxylation is 1. The molecular formula is C19H20F2N3OS+. The Labute approximate surface area is 154 Å². The van der Waals surface area contributed by atoms with Gasteiger partial charge in [-0.05, 0) is 25.1 Å². The lowest BCUT2D eigenvalue weighted by atomic mass is 10.1. The van der Waals surface area contributed by atoms with Crippen LogP contribution in [0.15, 0.2) is 36.4 Å². The van der Waals surface area contributed by atoms with Crippen LogP contribution in [0.4, 0.5) is 13.9 Å². The second-order valence-electron chi connectivity index (χ2n) is 6.51. The van der Waals surface area contributed by atoms with E-state index in [1.54, 1.807) is 17.0 Å². The molecule has 1 amide bonds. The van der Waals surface area contributed by atoms with Crippen LogP contribution >= 0.6 is 11.3 Å². The highest BCUT2D eigenvalue weighted by Gasteiger charge is 2.23. The molecule has 0 saturated heterocycles. The molecule has 0 bridgehead atoms. The van der Waals surface area contributed by atoms with Gasteiger partial charge in [0.1, 0.15) is 11.3 Å². The highest BCUT2D eigenvalue weighted by atomic mass is 32.1. The smallest absolute Gasteiger partial charge is 0.260 e. The van der Waals surface area contributed by atoms with Gasteiger partial charge in [-0.1, -0.05) is 29.0 Å². The van der Waals surface area contributed by atoms with Crippen molar-refractivity contribution in [1.82, 2.24) is 4.98 Å². The van der Waals surface area contributed by atoms with E-state index < -0.39 is 11.6 Å². The monoisotopic (exact) mass is 376 g/mol. The lowest BCUT2D eigenvalue weighted by Crippen LogP contribution is -3.06. The van der Waals surface area contributed by atoms with Crippen molar-refractivity contribution in [2.45, 2.75) is 6.92 Å². The van der Waals surface area contributed by atoms with E-state index in [0.717, 1.165) is 23.0 Å². The van der Waals surface area contributed by atoms with Gasteiger partial charge < -0.3 is 4.90 Å². The molecule has 1 heterocycles. The van der Waals surface area contributed by atoms with Gasteiger partial charge in [0, 0.05) is 11.6 Å². The highest BCUT2D eigenvalue weighted by molar-refractivity contribution is 7.22. The Bertz CT molecular complexity index is 938. The van der Waals surface area contributed by atoms with E-state index in [1.165, 1.54) is 11.0 Å². The Morgan fingerprint density at radius 1 is 1.19 bits per heavy atom. The highest BCUT2D eigenvalue weighted by Crippen LogP contribution is 2.31. The van der Waals surface area contributed by atoms with Gasteiger partial charge >= 0.3 is 0 Å². The van der Waals surface area contributed by atoms with Gasteiger partial charge in [0.15, 0.2) is 10.9 Å². The number of carbonyl (C=O) groups excluding carboxylic acids is 1. The number of nitrogens with zero attached hydrogens (tertiary/aromatic N) is 2. The fourth-order valence-corrected chi connectivity index (χ4v) is 3.56. The summed E-state index contributed by atoms with van der Waals surface area (Å²) in [7, 11) is 3.98. The molecule has 0 aliphatic heterocycles. The van der Waals surface area contributed by atoms with Crippen molar-refractivity contribution in [2.75, 3.05) is 32.1 Å². The van der Waals surface area contributed by atoms with E-state index in [2.05, 4.69) is 4.98 Å². The second-order valence-corrected chi connectivity index (χ2v) is 7.52. The summed E-state index contributed by atoms with van der Waals surface area (Å²) in [5.74, 6) is -1.57. The third-order valence-corrected chi connectivity index (χ3v) is 5.04. The quantitative estimate of drug-likeness (QED) is 0.744. The minimum atomic E-state index is -0.719. The van der Waals surface area contributed by atoms with Crippen LogP contribution < -0.4 is 9.80 Å². The molecule has 0 aliphatic rings. The summed E-state index contributed by atoms with van der Waals surface area (Å²) in [5.41, 5.74) is 1.68. The molecular weight excluding hydrogens is 356 g/mol. The zero-order chi connectivity index (χ0) is 18.8. The Balaban J connectivity index is 2.01. The molecule has 0 fully saturated rings. The number of hydrogen-bond acceptors (Lipinski definition) is 3. The van der Waals surface area contributed by atoms with Crippen molar-refractivity contribution in [3.8, 4) is 0 Å². The summed E-state index contributed by atoms with van der Waals surface area (Å²) >= 11 is 1.12. The lowest BCUT2D eigenvalue weighted by molar-refractivity contribution is -0.856. The summed E-state index contributed by atoms with van der Waals surface area (Å²) in [5, 5.41) is 0.372. The Hall–Kier alpha value is -2.38.